The van der Waals surface area contributed by atoms with Crippen molar-refractivity contribution in [2.45, 2.75) is 24.6 Å². The minimum Gasteiger partial charge on any atom is -0.509 e. The molecular formula is C22H19N3O9S. The zero-order valence-corrected chi connectivity index (χ0v) is 18.8. The maximum absolute atomic E-state index is 12.7. The first kappa shape index (κ1) is 23.9. The Bertz CT molecular complexity index is 1230. The number of β-lactam (4-membered cyclic amide) rings is 1. The molecule has 2 aromatic carbocycles. The van der Waals surface area contributed by atoms with Crippen molar-refractivity contribution in [3.8, 4) is 0 Å². The molecule has 2 amide bonds. The van der Waals surface area contributed by atoms with E-state index in [1.54, 1.807) is 30.3 Å². The topological polar surface area (TPSA) is 165 Å². The van der Waals surface area contributed by atoms with E-state index < -0.39 is 62.3 Å². The molecule has 0 spiro atoms. The number of amides is 2. The number of hydrogen-bond donors (Lipinski definition) is 2. The van der Waals surface area contributed by atoms with Crippen LogP contribution >= 0.6 is 0 Å². The molecule has 4 rings (SSSR count). The molecule has 12 nitrogen and oxygen atoms in total. The molecule has 0 aliphatic carbocycles. The second kappa shape index (κ2) is 9.93. The summed E-state index contributed by atoms with van der Waals surface area (Å²) in [7, 11) is -1.79. The van der Waals surface area contributed by atoms with Gasteiger partial charge in [-0.1, -0.05) is 30.3 Å². The Morgan fingerprint density at radius 1 is 1.09 bits per heavy atom. The van der Waals surface area contributed by atoms with E-state index in [9.17, 15) is 33.8 Å². The Morgan fingerprint density at radius 3 is 2.37 bits per heavy atom. The van der Waals surface area contributed by atoms with E-state index in [-0.39, 0.29) is 18.9 Å². The highest BCUT2D eigenvalue weighted by Crippen LogP contribution is 2.34. The molecule has 2 N–H and O–H groups in total. The third kappa shape index (κ3) is 4.99. The normalized spacial score (nSPS) is 21.0. The van der Waals surface area contributed by atoms with Crippen molar-refractivity contribution in [3.63, 3.8) is 0 Å². The van der Waals surface area contributed by atoms with Gasteiger partial charge >= 0.3 is 12.1 Å². The Hall–Kier alpha value is -4.26. The number of nitrogens with zero attached hydrogens (tertiary/aromatic N) is 2. The fourth-order valence-corrected chi connectivity index (χ4v) is 5.08. The summed E-state index contributed by atoms with van der Waals surface area (Å²) in [5.74, 6) is -2.78. The maximum Gasteiger partial charge on any atom is 0.408 e. The highest BCUT2D eigenvalue weighted by Gasteiger charge is 2.58. The van der Waals surface area contributed by atoms with Gasteiger partial charge in [-0.05, 0) is 23.3 Å². The lowest BCUT2D eigenvalue weighted by Crippen LogP contribution is -2.73. The smallest absolute Gasteiger partial charge is 0.408 e. The average Bonchev–Trinajstić information content (AvgIpc) is 2.85. The number of benzene rings is 2. The number of non-ortho nitro benzene ring substituents is 1. The summed E-state index contributed by atoms with van der Waals surface area (Å²) >= 11 is 0. The highest BCUT2D eigenvalue weighted by molar-refractivity contribution is 7.86. The van der Waals surface area contributed by atoms with Crippen LogP contribution in [0.1, 0.15) is 11.1 Å². The summed E-state index contributed by atoms with van der Waals surface area (Å²) in [5.41, 5.74) is 0.578. The molecular weight excluding hydrogens is 482 g/mol. The molecule has 13 heteroatoms. The van der Waals surface area contributed by atoms with Gasteiger partial charge in [0.2, 0.25) is 0 Å². The molecule has 0 bridgehead atoms. The minimum atomic E-state index is -1.79. The van der Waals surface area contributed by atoms with Crippen LogP contribution in [0.3, 0.4) is 0 Å². The number of nitro benzene ring substituents is 1. The lowest BCUT2D eigenvalue weighted by atomic mass is 10.1. The van der Waals surface area contributed by atoms with Gasteiger partial charge in [-0.2, -0.15) is 0 Å². The average molecular weight is 501 g/mol. The first-order valence-corrected chi connectivity index (χ1v) is 11.6. The van der Waals surface area contributed by atoms with Crippen molar-refractivity contribution >= 4 is 34.5 Å². The molecule has 0 aromatic heterocycles. The number of ether oxygens (including phenoxy) is 2. The number of nitro groups is 1. The number of rotatable bonds is 7. The van der Waals surface area contributed by atoms with Gasteiger partial charge in [0.15, 0.2) is 5.70 Å². The van der Waals surface area contributed by atoms with Gasteiger partial charge in [-0.15, -0.1) is 0 Å². The largest absolute Gasteiger partial charge is 0.509 e. The van der Waals surface area contributed by atoms with Crippen molar-refractivity contribution in [2.75, 3.05) is 5.75 Å². The van der Waals surface area contributed by atoms with Crippen LogP contribution in [0.5, 0.6) is 0 Å². The van der Waals surface area contributed by atoms with Gasteiger partial charge in [0.1, 0.15) is 30.4 Å². The molecule has 3 atom stereocenters. The minimum absolute atomic E-state index is 0.0357. The first-order valence-electron chi connectivity index (χ1n) is 10.3. The standard InChI is InChI=1S/C22H19N3O9S/c26-16-12-35(32)20-17(23-22(29)34-11-13-4-2-1-3-5-13)19(27)24(20)18(16)21(28)33-10-14-6-8-15(9-7-14)25(30)31/h1-9,17,20,26H,10-12H2,(H,23,29)/t17-,20-,35-/m1/s1. The SMILES string of the molecule is O=C(N[C@@H]1C(=O)N2C(C(=O)OCc3ccc([N+](=O)[O-])cc3)=C(O)C[S@@](=O)[C@H]12)OCc1ccccc1. The van der Waals surface area contributed by atoms with E-state index in [0.29, 0.717) is 5.56 Å². The molecule has 1 saturated heterocycles. The third-order valence-corrected chi connectivity index (χ3v) is 6.88. The number of nitrogens with one attached hydrogen (secondary N) is 1. The molecule has 35 heavy (non-hydrogen) atoms. The molecule has 0 saturated carbocycles. The summed E-state index contributed by atoms with van der Waals surface area (Å²) in [6.45, 7) is -0.317. The third-order valence-electron chi connectivity index (χ3n) is 5.30. The predicted molar refractivity (Wildman–Crippen MR) is 120 cm³/mol. The molecule has 2 aromatic rings. The van der Waals surface area contributed by atoms with Gasteiger partial charge in [0, 0.05) is 12.1 Å². The Labute approximate surface area is 200 Å². The van der Waals surface area contributed by atoms with Gasteiger partial charge in [-0.3, -0.25) is 24.0 Å². The van der Waals surface area contributed by atoms with E-state index in [1.165, 1.54) is 24.3 Å². The maximum atomic E-state index is 12.7. The predicted octanol–water partition coefficient (Wildman–Crippen LogP) is 1.63. The lowest BCUT2D eigenvalue weighted by molar-refractivity contribution is -0.384. The Balaban J connectivity index is 1.38. The van der Waals surface area contributed by atoms with Crippen LogP contribution in [-0.2, 0) is 43.1 Å². The van der Waals surface area contributed by atoms with E-state index in [4.69, 9.17) is 9.47 Å². The molecule has 0 unspecified atom stereocenters. The van der Waals surface area contributed by atoms with Crippen molar-refractivity contribution in [2.24, 2.45) is 0 Å². The van der Waals surface area contributed by atoms with E-state index in [2.05, 4.69) is 5.32 Å². The van der Waals surface area contributed by atoms with Crippen LogP contribution < -0.4 is 5.32 Å². The van der Waals surface area contributed by atoms with Gasteiger partial charge in [0.05, 0.1) is 21.5 Å². The number of esters is 1. The van der Waals surface area contributed by atoms with Crippen molar-refractivity contribution in [1.29, 1.82) is 0 Å². The lowest BCUT2D eigenvalue weighted by Gasteiger charge is -2.48. The van der Waals surface area contributed by atoms with E-state index in [1.807, 2.05) is 0 Å². The van der Waals surface area contributed by atoms with Crippen molar-refractivity contribution in [1.82, 2.24) is 10.2 Å². The zero-order valence-electron chi connectivity index (χ0n) is 18.0. The molecule has 2 heterocycles. The number of aliphatic hydroxyl groups excluding tert-OH is 1. The van der Waals surface area contributed by atoms with Crippen LogP contribution in [0.2, 0.25) is 0 Å². The highest BCUT2D eigenvalue weighted by atomic mass is 32.2. The van der Waals surface area contributed by atoms with Crippen molar-refractivity contribution in [3.05, 3.63) is 87.3 Å². The summed E-state index contributed by atoms with van der Waals surface area (Å²) in [5, 5.41) is 22.2. The van der Waals surface area contributed by atoms with Crippen LogP contribution in [0, 0.1) is 10.1 Å². The van der Waals surface area contributed by atoms with Crippen LogP contribution in [-0.4, -0.2) is 54.3 Å². The molecule has 0 radical (unpaired) electrons. The number of hydrogen-bond acceptors (Lipinski definition) is 9. The first-order chi connectivity index (χ1) is 16.8. The van der Waals surface area contributed by atoms with Crippen LogP contribution in [0.15, 0.2) is 66.1 Å². The van der Waals surface area contributed by atoms with Gasteiger partial charge in [-0.25, -0.2) is 9.59 Å². The van der Waals surface area contributed by atoms with Crippen LogP contribution in [0.4, 0.5) is 10.5 Å². The van der Waals surface area contributed by atoms with Gasteiger partial charge < -0.3 is 19.9 Å². The van der Waals surface area contributed by atoms with E-state index in [0.717, 1.165) is 10.5 Å². The summed E-state index contributed by atoms with van der Waals surface area (Å²) in [6, 6.07) is 12.9. The zero-order chi connectivity index (χ0) is 25.1. The number of carbonyl (C=O) groups is 3. The van der Waals surface area contributed by atoms with Gasteiger partial charge in [0.25, 0.3) is 11.6 Å². The molecule has 2 aliphatic heterocycles. The summed E-state index contributed by atoms with van der Waals surface area (Å²) in [4.78, 5) is 48.5. The Kier molecular flexibility index (Phi) is 6.78. The van der Waals surface area contributed by atoms with Crippen molar-refractivity contribution < 1.29 is 38.1 Å². The molecule has 2 aliphatic rings. The fourth-order valence-electron chi connectivity index (χ4n) is 3.57. The number of alkyl carbamates (subject to hydrolysis) is 1. The quantitative estimate of drug-likeness (QED) is 0.248. The second-order valence-corrected chi connectivity index (χ2v) is 9.14. The molecule has 182 valence electrons. The fraction of sp³-hybridized carbons (Fsp3) is 0.227. The van der Waals surface area contributed by atoms with Crippen LogP contribution in [0.25, 0.3) is 0 Å². The summed E-state index contributed by atoms with van der Waals surface area (Å²) < 4.78 is 22.8. The Morgan fingerprint density at radius 2 is 1.71 bits per heavy atom. The summed E-state index contributed by atoms with van der Waals surface area (Å²) in [6.07, 6.45) is -0.898. The molecule has 1 fully saturated rings. The number of carbonyl (C=O) groups excluding carboxylic acids is 3. The number of fused-ring (bicyclic) bond motifs is 1. The van der Waals surface area contributed by atoms with E-state index >= 15 is 0 Å². The monoisotopic (exact) mass is 501 g/mol. The number of aliphatic hydroxyl groups is 1. The second-order valence-electron chi connectivity index (χ2n) is 7.60.